The lowest BCUT2D eigenvalue weighted by Gasteiger charge is -2.20. The molecular formula is C15H18N2O. The van der Waals surface area contributed by atoms with Crippen molar-refractivity contribution < 1.29 is 4.79 Å². The second-order valence-corrected chi connectivity index (χ2v) is 5.10. The highest BCUT2D eigenvalue weighted by molar-refractivity contribution is 5.95. The molecule has 3 rings (SSSR count). The van der Waals surface area contributed by atoms with Gasteiger partial charge in [0.1, 0.15) is 0 Å². The topological polar surface area (TPSA) is 44.9 Å². The van der Waals surface area contributed by atoms with E-state index in [0.29, 0.717) is 0 Å². The van der Waals surface area contributed by atoms with Crippen LogP contribution >= 0.6 is 0 Å². The fourth-order valence-electron chi connectivity index (χ4n) is 2.73. The van der Waals surface area contributed by atoms with E-state index in [1.165, 1.54) is 24.6 Å². The number of hydrogen-bond donors (Lipinski definition) is 2. The number of aromatic nitrogens is 1. The second-order valence-electron chi connectivity index (χ2n) is 5.10. The molecule has 0 atom stereocenters. The molecule has 18 heavy (non-hydrogen) atoms. The Balaban J connectivity index is 1.72. The molecule has 1 amide bonds. The molecule has 3 heteroatoms. The van der Waals surface area contributed by atoms with Gasteiger partial charge in [0.05, 0.1) is 0 Å². The zero-order valence-electron chi connectivity index (χ0n) is 10.4. The summed E-state index contributed by atoms with van der Waals surface area (Å²) in [5.74, 6) is 0.388. The smallest absolute Gasteiger partial charge is 0.227 e. The number of carbonyl (C=O) groups is 1. The summed E-state index contributed by atoms with van der Waals surface area (Å²) >= 11 is 0. The Morgan fingerprint density at radius 1 is 1.17 bits per heavy atom. The first kappa shape index (κ1) is 11.3. The van der Waals surface area contributed by atoms with Gasteiger partial charge in [-0.25, -0.2) is 0 Å². The normalized spacial score (nSPS) is 16.9. The van der Waals surface area contributed by atoms with Crippen LogP contribution in [0.3, 0.4) is 0 Å². The van der Waals surface area contributed by atoms with E-state index in [2.05, 4.69) is 10.3 Å². The lowest BCUT2D eigenvalue weighted by Crippen LogP contribution is -2.24. The molecule has 0 spiro atoms. The van der Waals surface area contributed by atoms with Crippen molar-refractivity contribution in [1.29, 1.82) is 0 Å². The molecule has 1 aliphatic carbocycles. The van der Waals surface area contributed by atoms with E-state index >= 15 is 0 Å². The Morgan fingerprint density at radius 2 is 2.00 bits per heavy atom. The molecule has 1 aromatic heterocycles. The van der Waals surface area contributed by atoms with Gasteiger partial charge >= 0.3 is 0 Å². The predicted molar refractivity (Wildman–Crippen MR) is 73.5 cm³/mol. The quantitative estimate of drug-likeness (QED) is 0.828. The number of fused-ring (bicyclic) bond motifs is 1. The van der Waals surface area contributed by atoms with Gasteiger partial charge in [-0.3, -0.25) is 4.79 Å². The minimum Gasteiger partial charge on any atom is -0.361 e. The average molecular weight is 242 g/mol. The SMILES string of the molecule is O=C(Nc1ccc2cc[nH]c2c1)C1CCCCC1. The van der Waals surface area contributed by atoms with Gasteiger partial charge in [0.15, 0.2) is 0 Å². The third-order valence-electron chi connectivity index (χ3n) is 3.80. The first-order chi connectivity index (χ1) is 8.83. The van der Waals surface area contributed by atoms with E-state index in [1.54, 1.807) is 0 Å². The Hall–Kier alpha value is -1.77. The Morgan fingerprint density at radius 3 is 2.83 bits per heavy atom. The predicted octanol–water partition coefficient (Wildman–Crippen LogP) is 3.69. The number of benzene rings is 1. The van der Waals surface area contributed by atoms with E-state index in [9.17, 15) is 4.79 Å². The maximum atomic E-state index is 12.1. The van der Waals surface area contributed by atoms with E-state index in [4.69, 9.17) is 0 Å². The van der Waals surface area contributed by atoms with Gasteiger partial charge in [-0.05, 0) is 36.4 Å². The minimum absolute atomic E-state index is 0.181. The maximum Gasteiger partial charge on any atom is 0.227 e. The van der Waals surface area contributed by atoms with Crippen LogP contribution in [-0.4, -0.2) is 10.9 Å². The summed E-state index contributed by atoms with van der Waals surface area (Å²) < 4.78 is 0. The molecule has 3 nitrogen and oxygen atoms in total. The van der Waals surface area contributed by atoms with Gasteiger partial charge < -0.3 is 10.3 Å². The van der Waals surface area contributed by atoms with Gasteiger partial charge in [0, 0.05) is 23.3 Å². The van der Waals surface area contributed by atoms with Crippen LogP contribution in [0, 0.1) is 5.92 Å². The highest BCUT2D eigenvalue weighted by Crippen LogP contribution is 2.25. The molecule has 1 heterocycles. The number of anilines is 1. The van der Waals surface area contributed by atoms with Crippen molar-refractivity contribution in [2.45, 2.75) is 32.1 Å². The van der Waals surface area contributed by atoms with Crippen LogP contribution < -0.4 is 5.32 Å². The summed E-state index contributed by atoms with van der Waals surface area (Å²) in [6.45, 7) is 0. The first-order valence-corrected chi connectivity index (χ1v) is 6.71. The standard InChI is InChI=1S/C15H18N2O/c18-15(12-4-2-1-3-5-12)17-13-7-6-11-8-9-16-14(11)10-13/h6-10,12,16H,1-5H2,(H,17,18). The number of H-pyrrole nitrogens is 1. The fraction of sp³-hybridized carbons (Fsp3) is 0.400. The molecule has 1 saturated carbocycles. The summed E-state index contributed by atoms with van der Waals surface area (Å²) in [5.41, 5.74) is 1.96. The molecule has 2 N–H and O–H groups in total. The van der Waals surface area contributed by atoms with Crippen LogP contribution in [-0.2, 0) is 4.79 Å². The maximum absolute atomic E-state index is 12.1. The Kier molecular flexibility index (Phi) is 3.05. The summed E-state index contributed by atoms with van der Waals surface area (Å²) in [7, 11) is 0. The van der Waals surface area contributed by atoms with E-state index < -0.39 is 0 Å². The van der Waals surface area contributed by atoms with Crippen molar-refractivity contribution in [1.82, 2.24) is 4.98 Å². The van der Waals surface area contributed by atoms with Crippen molar-refractivity contribution >= 4 is 22.5 Å². The van der Waals surface area contributed by atoms with E-state index in [1.807, 2.05) is 30.5 Å². The molecule has 2 aromatic rings. The van der Waals surface area contributed by atoms with Gasteiger partial charge in [-0.1, -0.05) is 25.3 Å². The zero-order valence-corrected chi connectivity index (χ0v) is 10.4. The van der Waals surface area contributed by atoms with Crippen molar-refractivity contribution in [3.8, 4) is 0 Å². The summed E-state index contributed by atoms with van der Waals surface area (Å²) in [5, 5.41) is 4.21. The lowest BCUT2D eigenvalue weighted by atomic mass is 9.88. The van der Waals surface area contributed by atoms with Crippen molar-refractivity contribution in [3.63, 3.8) is 0 Å². The molecule has 94 valence electrons. The largest absolute Gasteiger partial charge is 0.361 e. The molecule has 0 saturated heterocycles. The molecule has 0 aliphatic heterocycles. The van der Waals surface area contributed by atoms with Gasteiger partial charge in [-0.15, -0.1) is 0 Å². The van der Waals surface area contributed by atoms with Crippen LogP contribution in [0.15, 0.2) is 30.5 Å². The molecule has 1 fully saturated rings. The van der Waals surface area contributed by atoms with Gasteiger partial charge in [0.2, 0.25) is 5.91 Å². The molecule has 0 unspecified atom stereocenters. The van der Waals surface area contributed by atoms with Crippen molar-refractivity contribution in [2.24, 2.45) is 5.92 Å². The summed E-state index contributed by atoms with van der Waals surface area (Å²) in [6, 6.07) is 8.03. The molecule has 1 aliphatic rings. The third-order valence-corrected chi connectivity index (χ3v) is 3.80. The highest BCUT2D eigenvalue weighted by atomic mass is 16.1. The Labute approximate surface area is 107 Å². The number of carbonyl (C=O) groups excluding carboxylic acids is 1. The number of rotatable bonds is 2. The molecular weight excluding hydrogens is 224 g/mol. The van der Waals surface area contributed by atoms with Crippen LogP contribution in [0.4, 0.5) is 5.69 Å². The third kappa shape index (κ3) is 2.26. The van der Waals surface area contributed by atoms with E-state index in [0.717, 1.165) is 24.0 Å². The second kappa shape index (κ2) is 4.84. The molecule has 1 aromatic carbocycles. The number of hydrogen-bond acceptors (Lipinski definition) is 1. The van der Waals surface area contributed by atoms with Gasteiger partial charge in [0.25, 0.3) is 0 Å². The molecule has 0 radical (unpaired) electrons. The number of nitrogens with one attached hydrogen (secondary N) is 2. The molecule has 0 bridgehead atoms. The van der Waals surface area contributed by atoms with Crippen LogP contribution in [0.1, 0.15) is 32.1 Å². The summed E-state index contributed by atoms with van der Waals surface area (Å²) in [4.78, 5) is 15.3. The highest BCUT2D eigenvalue weighted by Gasteiger charge is 2.20. The summed E-state index contributed by atoms with van der Waals surface area (Å²) in [6.07, 6.45) is 7.64. The van der Waals surface area contributed by atoms with Crippen molar-refractivity contribution in [3.05, 3.63) is 30.5 Å². The lowest BCUT2D eigenvalue weighted by molar-refractivity contribution is -0.120. The number of amides is 1. The van der Waals surface area contributed by atoms with Crippen LogP contribution in [0.5, 0.6) is 0 Å². The Bertz CT molecular complexity index is 552. The van der Waals surface area contributed by atoms with E-state index in [-0.39, 0.29) is 11.8 Å². The van der Waals surface area contributed by atoms with Crippen LogP contribution in [0.25, 0.3) is 10.9 Å². The van der Waals surface area contributed by atoms with Crippen molar-refractivity contribution in [2.75, 3.05) is 5.32 Å². The number of aromatic amines is 1. The zero-order chi connectivity index (χ0) is 12.4. The fourth-order valence-corrected chi connectivity index (χ4v) is 2.73. The van der Waals surface area contributed by atoms with Gasteiger partial charge in [-0.2, -0.15) is 0 Å². The first-order valence-electron chi connectivity index (χ1n) is 6.71. The monoisotopic (exact) mass is 242 g/mol. The average Bonchev–Trinajstić information content (AvgIpc) is 2.87. The minimum atomic E-state index is 0.181. The van der Waals surface area contributed by atoms with Crippen LogP contribution in [0.2, 0.25) is 0 Å².